The van der Waals surface area contributed by atoms with Gasteiger partial charge in [0, 0.05) is 29.2 Å². The van der Waals surface area contributed by atoms with Crippen LogP contribution in [0.15, 0.2) is 0 Å². The molecule has 2 aliphatic rings. The summed E-state index contributed by atoms with van der Waals surface area (Å²) in [6.07, 6.45) is 4.11. The molecule has 2 fully saturated rings. The van der Waals surface area contributed by atoms with Crippen molar-refractivity contribution in [3.63, 3.8) is 0 Å². The van der Waals surface area contributed by atoms with Crippen molar-refractivity contribution < 1.29 is 24.0 Å². The Hall–Kier alpha value is -1.99. The molecule has 3 atom stereocenters. The number of hydrogen-bond donors (Lipinski definition) is 1. The zero-order valence-corrected chi connectivity index (χ0v) is 13.9. The van der Waals surface area contributed by atoms with Crippen LogP contribution in [-0.4, -0.2) is 41.8 Å². The molecular weight excluding hydrogens is 316 g/mol. The van der Waals surface area contributed by atoms with E-state index < -0.39 is 22.7 Å². The summed E-state index contributed by atoms with van der Waals surface area (Å²) in [6, 6.07) is 0.151. The first-order valence-corrected chi connectivity index (χ1v) is 8.46. The number of amides is 1. The van der Waals surface area contributed by atoms with Crippen molar-refractivity contribution in [2.24, 2.45) is 17.8 Å². The summed E-state index contributed by atoms with van der Waals surface area (Å²) in [5, 5.41) is 13.5. The Morgan fingerprint density at radius 3 is 2.62 bits per heavy atom. The monoisotopic (exact) mass is 340 g/mol. The SMILES string of the molecule is C[C@@H]1CC(=O)[C@H](CC(=O)OCC(=O)NC2CCCC2)[C@@H]1C[N+](=O)[O-]. The molecule has 0 saturated heterocycles. The van der Waals surface area contributed by atoms with Crippen LogP contribution in [0.25, 0.3) is 0 Å². The zero-order chi connectivity index (χ0) is 17.7. The van der Waals surface area contributed by atoms with Gasteiger partial charge in [-0.1, -0.05) is 19.8 Å². The van der Waals surface area contributed by atoms with E-state index >= 15 is 0 Å². The van der Waals surface area contributed by atoms with E-state index in [2.05, 4.69) is 5.32 Å². The van der Waals surface area contributed by atoms with Gasteiger partial charge in [0.05, 0.1) is 6.42 Å². The molecule has 2 saturated carbocycles. The fourth-order valence-electron chi connectivity index (χ4n) is 3.72. The molecule has 0 bridgehead atoms. The van der Waals surface area contributed by atoms with Gasteiger partial charge in [-0.15, -0.1) is 0 Å². The summed E-state index contributed by atoms with van der Waals surface area (Å²) in [7, 11) is 0. The molecule has 2 aliphatic carbocycles. The van der Waals surface area contributed by atoms with Gasteiger partial charge in [-0.3, -0.25) is 24.5 Å². The van der Waals surface area contributed by atoms with E-state index in [0.717, 1.165) is 25.7 Å². The molecule has 8 nitrogen and oxygen atoms in total. The number of nitrogens with zero attached hydrogens (tertiary/aromatic N) is 1. The maximum absolute atomic E-state index is 12.0. The van der Waals surface area contributed by atoms with Crippen LogP contribution in [0.5, 0.6) is 0 Å². The van der Waals surface area contributed by atoms with Crippen LogP contribution >= 0.6 is 0 Å². The molecule has 134 valence electrons. The number of nitrogens with one attached hydrogen (secondary N) is 1. The normalized spacial score (nSPS) is 27.2. The van der Waals surface area contributed by atoms with E-state index in [4.69, 9.17) is 4.74 Å². The minimum absolute atomic E-state index is 0.119. The molecule has 0 aromatic rings. The van der Waals surface area contributed by atoms with E-state index in [1.165, 1.54) is 0 Å². The van der Waals surface area contributed by atoms with E-state index in [9.17, 15) is 24.5 Å². The number of hydrogen-bond acceptors (Lipinski definition) is 6. The largest absolute Gasteiger partial charge is 0.456 e. The number of carbonyl (C=O) groups excluding carboxylic acids is 3. The molecular formula is C16H24N2O6. The predicted octanol–water partition coefficient (Wildman–Crippen LogP) is 1.10. The van der Waals surface area contributed by atoms with Gasteiger partial charge in [0.1, 0.15) is 5.78 Å². The third kappa shape index (κ3) is 5.01. The van der Waals surface area contributed by atoms with Crippen molar-refractivity contribution in [1.82, 2.24) is 5.32 Å². The van der Waals surface area contributed by atoms with E-state index in [1.54, 1.807) is 6.92 Å². The van der Waals surface area contributed by atoms with E-state index in [1.807, 2.05) is 0 Å². The van der Waals surface area contributed by atoms with Gasteiger partial charge in [-0.2, -0.15) is 0 Å². The van der Waals surface area contributed by atoms with E-state index in [0.29, 0.717) is 0 Å². The standard InChI is InChI=1S/C16H24N2O6/c1-10-6-14(19)12(13(10)8-18(22)23)7-16(21)24-9-15(20)17-11-4-2-3-5-11/h10-13H,2-9H2,1H3,(H,17,20)/t10-,12-,13-/m1/s1. The summed E-state index contributed by atoms with van der Waals surface area (Å²) >= 11 is 0. The van der Waals surface area contributed by atoms with Crippen LogP contribution in [0.1, 0.15) is 45.4 Å². The molecule has 0 aromatic heterocycles. The van der Waals surface area contributed by atoms with Crippen molar-refractivity contribution >= 4 is 17.7 Å². The first kappa shape index (κ1) is 18.4. The lowest BCUT2D eigenvalue weighted by atomic mass is 9.88. The number of ketones is 1. The second-order valence-electron chi connectivity index (χ2n) is 6.85. The number of nitro groups is 1. The Labute approximate surface area is 140 Å². The highest BCUT2D eigenvalue weighted by molar-refractivity contribution is 5.88. The Morgan fingerprint density at radius 2 is 2.00 bits per heavy atom. The number of carbonyl (C=O) groups is 3. The molecule has 0 aliphatic heterocycles. The van der Waals surface area contributed by atoms with Crippen LogP contribution < -0.4 is 5.32 Å². The molecule has 0 unspecified atom stereocenters. The Bertz CT molecular complexity index is 515. The lowest BCUT2D eigenvalue weighted by Gasteiger charge is -2.17. The predicted molar refractivity (Wildman–Crippen MR) is 83.6 cm³/mol. The lowest BCUT2D eigenvalue weighted by Crippen LogP contribution is -2.36. The Morgan fingerprint density at radius 1 is 1.33 bits per heavy atom. The summed E-state index contributed by atoms with van der Waals surface area (Å²) < 4.78 is 4.94. The smallest absolute Gasteiger partial charge is 0.307 e. The van der Waals surface area contributed by atoms with Crippen molar-refractivity contribution in [3.8, 4) is 0 Å². The lowest BCUT2D eigenvalue weighted by molar-refractivity contribution is -0.490. The second-order valence-corrected chi connectivity index (χ2v) is 6.85. The third-order valence-electron chi connectivity index (χ3n) is 5.02. The second kappa shape index (κ2) is 8.21. The van der Waals surface area contributed by atoms with Crippen LogP contribution in [-0.2, 0) is 19.1 Å². The molecule has 1 amide bonds. The minimum atomic E-state index is -0.684. The van der Waals surface area contributed by atoms with Crippen LogP contribution in [0.4, 0.5) is 0 Å². The van der Waals surface area contributed by atoms with Crippen LogP contribution in [0.3, 0.4) is 0 Å². The third-order valence-corrected chi connectivity index (χ3v) is 5.02. The van der Waals surface area contributed by atoms with Crippen molar-refractivity contribution in [2.75, 3.05) is 13.2 Å². The molecule has 1 N–H and O–H groups in total. The quantitative estimate of drug-likeness (QED) is 0.421. The maximum Gasteiger partial charge on any atom is 0.307 e. The number of esters is 1. The molecule has 0 spiro atoms. The maximum atomic E-state index is 12.0. The molecule has 0 aromatic carbocycles. The molecule has 0 heterocycles. The highest BCUT2D eigenvalue weighted by Gasteiger charge is 2.44. The minimum Gasteiger partial charge on any atom is -0.456 e. The fourth-order valence-corrected chi connectivity index (χ4v) is 3.72. The van der Waals surface area contributed by atoms with Gasteiger partial charge in [-0.25, -0.2) is 0 Å². The number of ether oxygens (including phenoxy) is 1. The van der Waals surface area contributed by atoms with Gasteiger partial charge in [0.2, 0.25) is 6.54 Å². The first-order chi connectivity index (χ1) is 11.4. The van der Waals surface area contributed by atoms with Gasteiger partial charge in [0.15, 0.2) is 6.61 Å². The molecule has 8 heteroatoms. The van der Waals surface area contributed by atoms with Gasteiger partial charge in [0.25, 0.3) is 5.91 Å². The average Bonchev–Trinajstić information content (AvgIpc) is 3.08. The Balaban J connectivity index is 1.78. The van der Waals surface area contributed by atoms with Crippen LogP contribution in [0.2, 0.25) is 0 Å². The van der Waals surface area contributed by atoms with E-state index in [-0.39, 0.29) is 49.6 Å². The molecule has 0 radical (unpaired) electrons. The van der Waals surface area contributed by atoms with Crippen LogP contribution in [0, 0.1) is 27.9 Å². The van der Waals surface area contributed by atoms with Gasteiger partial charge < -0.3 is 10.1 Å². The summed E-state index contributed by atoms with van der Waals surface area (Å²) in [5.41, 5.74) is 0. The van der Waals surface area contributed by atoms with Gasteiger partial charge >= 0.3 is 5.97 Å². The summed E-state index contributed by atoms with van der Waals surface area (Å²) in [5.74, 6) is -2.39. The topological polar surface area (TPSA) is 116 Å². The Kier molecular flexibility index (Phi) is 6.28. The number of Topliss-reactive ketones (excluding diaryl/α,β-unsaturated/α-hetero) is 1. The zero-order valence-electron chi connectivity index (χ0n) is 13.9. The van der Waals surface area contributed by atoms with Crippen molar-refractivity contribution in [2.45, 2.75) is 51.5 Å². The number of rotatable bonds is 7. The highest BCUT2D eigenvalue weighted by atomic mass is 16.6. The summed E-state index contributed by atoms with van der Waals surface area (Å²) in [4.78, 5) is 45.9. The fraction of sp³-hybridized carbons (Fsp3) is 0.812. The summed E-state index contributed by atoms with van der Waals surface area (Å²) in [6.45, 7) is 1.09. The van der Waals surface area contributed by atoms with Crippen molar-refractivity contribution in [3.05, 3.63) is 10.1 Å². The van der Waals surface area contributed by atoms with Crippen molar-refractivity contribution in [1.29, 1.82) is 0 Å². The molecule has 24 heavy (non-hydrogen) atoms. The first-order valence-electron chi connectivity index (χ1n) is 8.46. The average molecular weight is 340 g/mol. The van der Waals surface area contributed by atoms with Gasteiger partial charge in [-0.05, 0) is 18.8 Å². The molecule has 2 rings (SSSR count). The highest BCUT2D eigenvalue weighted by Crippen LogP contribution is 2.36.